The molecular formula is C41H67N9O12. The van der Waals surface area contributed by atoms with E-state index in [9.17, 15) is 58.5 Å². The predicted octanol–water partition coefficient (Wildman–Crippen LogP) is -2.56. The van der Waals surface area contributed by atoms with Gasteiger partial charge in [-0.2, -0.15) is 0 Å². The first-order chi connectivity index (χ1) is 28.9. The fourth-order valence-corrected chi connectivity index (χ4v) is 6.02. The van der Waals surface area contributed by atoms with Crippen LogP contribution in [0.3, 0.4) is 0 Å². The largest absolute Gasteiger partial charge is 0.480 e. The van der Waals surface area contributed by atoms with Crippen molar-refractivity contribution in [2.24, 2.45) is 29.2 Å². The highest BCUT2D eigenvalue weighted by Gasteiger charge is 2.35. The summed E-state index contributed by atoms with van der Waals surface area (Å²) in [6.07, 6.45) is -1.76. The lowest BCUT2D eigenvalue weighted by Gasteiger charge is -2.28. The van der Waals surface area contributed by atoms with E-state index in [0.29, 0.717) is 5.56 Å². The summed E-state index contributed by atoms with van der Waals surface area (Å²) in [7, 11) is 0. The van der Waals surface area contributed by atoms with Crippen LogP contribution >= 0.6 is 0 Å². The Bertz CT molecular complexity index is 1690. The van der Waals surface area contributed by atoms with Crippen molar-refractivity contribution in [3.8, 4) is 0 Å². The van der Waals surface area contributed by atoms with Crippen LogP contribution in [0.5, 0.6) is 0 Å². The fourth-order valence-electron chi connectivity index (χ4n) is 6.02. The average Bonchev–Trinajstić information content (AvgIpc) is 3.17. The number of aliphatic carboxylic acids is 1. The molecule has 0 bridgehead atoms. The number of hydrogen-bond donors (Lipinski definition) is 12. The molecule has 0 fully saturated rings. The molecule has 0 saturated carbocycles. The number of aliphatic hydroxyl groups excluding tert-OH is 2. The Hall–Kier alpha value is -5.67. The van der Waals surface area contributed by atoms with E-state index in [4.69, 9.17) is 11.5 Å². The molecule has 1 aromatic carbocycles. The maximum absolute atomic E-state index is 13.8. The number of amides is 8. The van der Waals surface area contributed by atoms with Gasteiger partial charge in [0.05, 0.1) is 19.1 Å². The molecule has 62 heavy (non-hydrogen) atoms. The van der Waals surface area contributed by atoms with Crippen molar-refractivity contribution in [1.82, 2.24) is 37.2 Å². The molecule has 0 spiro atoms. The lowest BCUT2D eigenvalue weighted by molar-refractivity contribution is -0.143. The highest BCUT2D eigenvalue weighted by Crippen LogP contribution is 2.11. The SMILES string of the molecule is CC(C)C[C@H](NC(=O)[C@H](C)NC(=O)[C@H](Cc1ccccc1)NC(=O)[C@H](CC(C)C)NC(=O)[C@@H](N)[C@@H](C)O)C(=O)N[C@@H](CC(N)=O)C(=O)N[C@@H](CC(C)C)C(=O)N[C@@H](CO)C(=O)O. The maximum atomic E-state index is 13.8. The van der Waals surface area contributed by atoms with Crippen LogP contribution in [0.4, 0.5) is 0 Å². The number of hydrogen-bond acceptors (Lipinski definition) is 12. The maximum Gasteiger partial charge on any atom is 0.328 e. The van der Waals surface area contributed by atoms with Gasteiger partial charge in [-0.15, -0.1) is 0 Å². The van der Waals surface area contributed by atoms with Crippen molar-refractivity contribution in [2.75, 3.05) is 6.61 Å². The zero-order chi connectivity index (χ0) is 47.4. The Morgan fingerprint density at radius 1 is 0.532 bits per heavy atom. The minimum absolute atomic E-state index is 0.00582. The van der Waals surface area contributed by atoms with E-state index in [1.165, 1.54) is 13.8 Å². The molecule has 21 heteroatoms. The Balaban J connectivity index is 3.31. The summed E-state index contributed by atoms with van der Waals surface area (Å²) in [5.74, 6) is -9.00. The van der Waals surface area contributed by atoms with Gasteiger partial charge in [-0.25, -0.2) is 4.79 Å². The molecule has 1 rings (SSSR count). The third-order valence-corrected chi connectivity index (χ3v) is 9.35. The minimum Gasteiger partial charge on any atom is -0.480 e. The molecule has 0 saturated heterocycles. The van der Waals surface area contributed by atoms with Crippen LogP contribution in [-0.2, 0) is 49.6 Å². The van der Waals surface area contributed by atoms with Gasteiger partial charge in [0, 0.05) is 6.42 Å². The molecule has 0 aliphatic heterocycles. The quantitative estimate of drug-likeness (QED) is 0.0434. The normalized spacial score (nSPS) is 15.6. The number of aliphatic hydroxyl groups is 2. The van der Waals surface area contributed by atoms with E-state index in [1.54, 1.807) is 58.0 Å². The number of nitrogens with one attached hydrogen (secondary N) is 7. The molecule has 1 aromatic rings. The first-order valence-electron chi connectivity index (χ1n) is 20.6. The monoisotopic (exact) mass is 877 g/mol. The number of primary amides is 1. The molecule has 0 radical (unpaired) electrons. The van der Waals surface area contributed by atoms with Crippen molar-refractivity contribution in [2.45, 2.75) is 142 Å². The standard InChI is InChI=1S/C41H67N9O12/c1-20(2)14-26(36(56)48-30(18-32(42)53)39(59)46-27(15-21(3)4)38(58)50-31(19-51)41(61)62)45-34(54)23(7)44-35(55)29(17-25-12-10-9-11-13-25)47-37(57)28(16-22(5)6)49-40(60)33(43)24(8)52/h9-13,20-24,26-31,33,51-52H,14-19,43H2,1-8H3,(H2,42,53)(H,44,55)(H,45,54)(H,46,59)(H,47,57)(H,48,56)(H,49,60)(H,50,58)(H,61,62)/t23-,24+,26-,27-,28-,29-,30-,31-,33-/m0/s1. The molecule has 0 heterocycles. The number of carboxylic acid groups (broad SMARTS) is 1. The summed E-state index contributed by atoms with van der Waals surface area (Å²) in [6.45, 7) is 12.3. The number of nitrogens with two attached hydrogens (primary N) is 2. The number of carbonyl (C=O) groups is 9. The summed E-state index contributed by atoms with van der Waals surface area (Å²) in [4.78, 5) is 117. The molecule has 0 aliphatic carbocycles. The summed E-state index contributed by atoms with van der Waals surface area (Å²) >= 11 is 0. The molecule has 21 nitrogen and oxygen atoms in total. The van der Waals surface area contributed by atoms with Crippen LogP contribution in [-0.4, -0.2) is 130 Å². The van der Waals surface area contributed by atoms with Gasteiger partial charge in [0.15, 0.2) is 0 Å². The second-order valence-corrected chi connectivity index (χ2v) is 16.6. The molecule has 0 aromatic heterocycles. The second-order valence-electron chi connectivity index (χ2n) is 16.6. The van der Waals surface area contributed by atoms with Gasteiger partial charge >= 0.3 is 5.97 Å². The van der Waals surface area contributed by atoms with Crippen molar-refractivity contribution >= 4 is 53.2 Å². The van der Waals surface area contributed by atoms with Crippen molar-refractivity contribution in [3.63, 3.8) is 0 Å². The van der Waals surface area contributed by atoms with Crippen LogP contribution in [0.15, 0.2) is 30.3 Å². The van der Waals surface area contributed by atoms with Crippen molar-refractivity contribution < 1.29 is 58.5 Å². The molecule has 8 amide bonds. The number of benzene rings is 1. The van der Waals surface area contributed by atoms with Gasteiger partial charge in [-0.1, -0.05) is 71.9 Å². The molecule has 9 atom stereocenters. The average molecular weight is 878 g/mol. The van der Waals surface area contributed by atoms with Crippen LogP contribution in [0.25, 0.3) is 0 Å². The number of carboxylic acids is 1. The number of rotatable bonds is 27. The zero-order valence-electron chi connectivity index (χ0n) is 36.7. The highest BCUT2D eigenvalue weighted by molar-refractivity contribution is 5.98. The Kier molecular flexibility index (Phi) is 23.3. The van der Waals surface area contributed by atoms with Crippen LogP contribution in [0.2, 0.25) is 0 Å². The summed E-state index contributed by atoms with van der Waals surface area (Å²) < 4.78 is 0. The molecule has 14 N–H and O–H groups in total. The van der Waals surface area contributed by atoms with Crippen molar-refractivity contribution in [1.29, 1.82) is 0 Å². The van der Waals surface area contributed by atoms with Crippen LogP contribution in [0, 0.1) is 17.8 Å². The van der Waals surface area contributed by atoms with E-state index >= 15 is 0 Å². The summed E-state index contributed by atoms with van der Waals surface area (Å²) in [5, 5.41) is 45.7. The van der Waals surface area contributed by atoms with E-state index in [2.05, 4.69) is 37.2 Å². The predicted molar refractivity (Wildman–Crippen MR) is 226 cm³/mol. The van der Waals surface area contributed by atoms with E-state index < -0.39 is 121 Å². The van der Waals surface area contributed by atoms with Gasteiger partial charge in [-0.05, 0) is 56.4 Å². The molecule has 348 valence electrons. The van der Waals surface area contributed by atoms with E-state index in [0.717, 1.165) is 0 Å². The topological polar surface area (TPSA) is 351 Å². The van der Waals surface area contributed by atoms with Gasteiger partial charge in [-0.3, -0.25) is 38.4 Å². The molecule has 0 aliphatic rings. The van der Waals surface area contributed by atoms with Crippen LogP contribution < -0.4 is 48.7 Å². The third-order valence-electron chi connectivity index (χ3n) is 9.35. The zero-order valence-corrected chi connectivity index (χ0v) is 36.7. The highest BCUT2D eigenvalue weighted by atomic mass is 16.4. The number of carbonyl (C=O) groups excluding carboxylic acids is 8. The Morgan fingerprint density at radius 3 is 1.31 bits per heavy atom. The second kappa shape index (κ2) is 26.6. The van der Waals surface area contributed by atoms with E-state index in [1.807, 2.05) is 13.8 Å². The third kappa shape index (κ3) is 19.8. The van der Waals surface area contributed by atoms with Gasteiger partial charge < -0.3 is 64.0 Å². The van der Waals surface area contributed by atoms with Gasteiger partial charge in [0.2, 0.25) is 47.3 Å². The molecular weight excluding hydrogens is 811 g/mol. The summed E-state index contributed by atoms with van der Waals surface area (Å²) in [6, 6.07) is -2.33. The lowest BCUT2D eigenvalue weighted by atomic mass is 10.00. The first kappa shape index (κ1) is 54.3. The van der Waals surface area contributed by atoms with Gasteiger partial charge in [0.1, 0.15) is 48.3 Å². The minimum atomic E-state index is -1.67. The first-order valence-corrected chi connectivity index (χ1v) is 20.6. The Morgan fingerprint density at radius 2 is 0.903 bits per heavy atom. The van der Waals surface area contributed by atoms with Gasteiger partial charge in [0.25, 0.3) is 0 Å². The van der Waals surface area contributed by atoms with E-state index in [-0.39, 0.29) is 43.4 Å². The Labute approximate surface area is 362 Å². The van der Waals surface area contributed by atoms with Crippen LogP contribution in [0.1, 0.15) is 86.6 Å². The summed E-state index contributed by atoms with van der Waals surface area (Å²) in [5.41, 5.74) is 11.8. The smallest absolute Gasteiger partial charge is 0.328 e. The van der Waals surface area contributed by atoms with Crippen molar-refractivity contribution in [3.05, 3.63) is 35.9 Å². The molecule has 0 unspecified atom stereocenters. The fraction of sp³-hybridized carbons (Fsp3) is 0.634. The lowest BCUT2D eigenvalue weighted by Crippen LogP contribution is -2.60.